The van der Waals surface area contributed by atoms with E-state index in [-0.39, 0.29) is 12.0 Å². The number of benzene rings is 2. The third-order valence-electron chi connectivity index (χ3n) is 5.69. The number of aliphatic hydroxyl groups is 1. The number of rotatable bonds is 5. The molecule has 1 atom stereocenters. The topological polar surface area (TPSA) is 36.4 Å². The molecular weight excluding hydrogens is 320 g/mol. The van der Waals surface area contributed by atoms with E-state index in [2.05, 4.69) is 59.5 Å². The molecule has 0 bridgehead atoms. The Labute approximate surface area is 155 Å². The number of nitrogens with zero attached hydrogens (tertiary/aromatic N) is 2. The smallest absolute Gasteiger partial charge is 0.129 e. The number of aromatic nitrogens is 1. The number of anilines is 1. The number of piperidine rings is 1. The summed E-state index contributed by atoms with van der Waals surface area (Å²) >= 11 is 0. The van der Waals surface area contributed by atoms with E-state index in [0.717, 1.165) is 50.1 Å². The molecule has 3 aromatic rings. The SMILES string of the molecule is OC[C@]1(CCc2ccccc2)CCCN(c2ccc3ccccc3n2)C1. The van der Waals surface area contributed by atoms with Gasteiger partial charge in [-0.2, -0.15) is 0 Å². The van der Waals surface area contributed by atoms with Gasteiger partial charge in [0.25, 0.3) is 0 Å². The zero-order valence-corrected chi connectivity index (χ0v) is 15.1. The van der Waals surface area contributed by atoms with E-state index in [1.54, 1.807) is 0 Å². The van der Waals surface area contributed by atoms with Crippen LogP contribution in [0, 0.1) is 5.41 Å². The maximum atomic E-state index is 10.2. The van der Waals surface area contributed by atoms with Gasteiger partial charge in [-0.1, -0.05) is 48.5 Å². The number of hydrogen-bond donors (Lipinski definition) is 1. The molecule has 0 unspecified atom stereocenters. The molecule has 4 rings (SSSR count). The molecule has 1 N–H and O–H groups in total. The molecule has 3 heteroatoms. The van der Waals surface area contributed by atoms with Crippen LogP contribution in [0.25, 0.3) is 10.9 Å². The lowest BCUT2D eigenvalue weighted by Crippen LogP contribution is -2.46. The standard InChI is InChI=1S/C23H26N2O/c26-18-23(15-13-19-7-2-1-3-8-19)14-6-16-25(17-23)22-12-11-20-9-4-5-10-21(20)24-22/h1-5,7-12,26H,6,13-18H2/t23-/m0/s1. The Bertz CT molecular complexity index is 864. The van der Waals surface area contributed by atoms with Crippen molar-refractivity contribution in [3.63, 3.8) is 0 Å². The summed E-state index contributed by atoms with van der Waals surface area (Å²) in [5.41, 5.74) is 2.34. The van der Waals surface area contributed by atoms with Crippen LogP contribution >= 0.6 is 0 Å². The van der Waals surface area contributed by atoms with Crippen molar-refractivity contribution >= 4 is 16.7 Å². The summed E-state index contributed by atoms with van der Waals surface area (Å²) in [6, 6.07) is 23.1. The van der Waals surface area contributed by atoms with Crippen LogP contribution in [-0.4, -0.2) is 29.8 Å². The molecule has 134 valence electrons. The van der Waals surface area contributed by atoms with Crippen LogP contribution in [0.3, 0.4) is 0 Å². The third-order valence-corrected chi connectivity index (χ3v) is 5.69. The predicted octanol–water partition coefficient (Wildman–Crippen LogP) is 4.45. The summed E-state index contributed by atoms with van der Waals surface area (Å²) in [6.07, 6.45) is 4.21. The van der Waals surface area contributed by atoms with Crippen molar-refractivity contribution in [3.05, 3.63) is 72.3 Å². The fourth-order valence-corrected chi connectivity index (χ4v) is 4.10. The van der Waals surface area contributed by atoms with Gasteiger partial charge >= 0.3 is 0 Å². The monoisotopic (exact) mass is 346 g/mol. The van der Waals surface area contributed by atoms with Crippen molar-refractivity contribution in [2.45, 2.75) is 25.7 Å². The minimum atomic E-state index is -0.0403. The second-order valence-corrected chi connectivity index (χ2v) is 7.53. The second-order valence-electron chi connectivity index (χ2n) is 7.53. The van der Waals surface area contributed by atoms with Gasteiger partial charge in [0.15, 0.2) is 0 Å². The Balaban J connectivity index is 1.52. The Kier molecular flexibility index (Phi) is 4.89. The van der Waals surface area contributed by atoms with Crippen LogP contribution in [0.5, 0.6) is 0 Å². The lowest BCUT2D eigenvalue weighted by molar-refractivity contribution is 0.0963. The Morgan fingerprint density at radius 2 is 1.77 bits per heavy atom. The summed E-state index contributed by atoms with van der Waals surface area (Å²) < 4.78 is 0. The van der Waals surface area contributed by atoms with E-state index in [0.29, 0.717) is 0 Å². The third kappa shape index (κ3) is 3.58. The first-order chi connectivity index (χ1) is 12.8. The number of aliphatic hydroxyl groups excluding tert-OH is 1. The summed E-state index contributed by atoms with van der Waals surface area (Å²) in [4.78, 5) is 7.22. The molecule has 1 aliphatic rings. The fraction of sp³-hybridized carbons (Fsp3) is 0.348. The molecular formula is C23H26N2O. The normalized spacial score (nSPS) is 20.4. The maximum absolute atomic E-state index is 10.2. The molecule has 1 saturated heterocycles. The van der Waals surface area contributed by atoms with Crippen LogP contribution in [-0.2, 0) is 6.42 Å². The molecule has 0 spiro atoms. The number of hydrogen-bond acceptors (Lipinski definition) is 3. The lowest BCUT2D eigenvalue weighted by atomic mass is 9.76. The minimum absolute atomic E-state index is 0.0403. The molecule has 3 nitrogen and oxygen atoms in total. The first-order valence-electron chi connectivity index (χ1n) is 9.54. The van der Waals surface area contributed by atoms with Gasteiger partial charge in [0.1, 0.15) is 5.82 Å². The highest BCUT2D eigenvalue weighted by Crippen LogP contribution is 2.36. The Morgan fingerprint density at radius 3 is 2.62 bits per heavy atom. The first-order valence-corrected chi connectivity index (χ1v) is 9.54. The van der Waals surface area contributed by atoms with Crippen LogP contribution in [0.15, 0.2) is 66.7 Å². The minimum Gasteiger partial charge on any atom is -0.396 e. The van der Waals surface area contributed by atoms with E-state index < -0.39 is 0 Å². The highest BCUT2D eigenvalue weighted by Gasteiger charge is 2.35. The summed E-state index contributed by atoms with van der Waals surface area (Å²) in [6.45, 7) is 2.13. The first kappa shape index (κ1) is 17.0. The van der Waals surface area contributed by atoms with Gasteiger partial charge in [-0.3, -0.25) is 0 Å². The lowest BCUT2D eigenvalue weighted by Gasteiger charge is -2.42. The van der Waals surface area contributed by atoms with E-state index in [4.69, 9.17) is 4.98 Å². The highest BCUT2D eigenvalue weighted by atomic mass is 16.3. The number of aryl methyl sites for hydroxylation is 1. The average Bonchev–Trinajstić information content (AvgIpc) is 2.73. The molecule has 1 aliphatic heterocycles. The van der Waals surface area contributed by atoms with Crippen molar-refractivity contribution < 1.29 is 5.11 Å². The van der Waals surface area contributed by atoms with Crippen LogP contribution < -0.4 is 4.90 Å². The van der Waals surface area contributed by atoms with Gasteiger partial charge < -0.3 is 10.0 Å². The van der Waals surface area contributed by atoms with Crippen molar-refractivity contribution in [2.24, 2.45) is 5.41 Å². The van der Waals surface area contributed by atoms with Crippen LogP contribution in [0.1, 0.15) is 24.8 Å². The molecule has 0 radical (unpaired) electrons. The van der Waals surface area contributed by atoms with Gasteiger partial charge in [0.2, 0.25) is 0 Å². The molecule has 0 aliphatic carbocycles. The van der Waals surface area contributed by atoms with E-state index in [1.807, 2.05) is 12.1 Å². The van der Waals surface area contributed by atoms with Crippen molar-refractivity contribution in [2.75, 3.05) is 24.6 Å². The van der Waals surface area contributed by atoms with Gasteiger partial charge in [-0.15, -0.1) is 0 Å². The average molecular weight is 346 g/mol. The number of pyridine rings is 1. The Morgan fingerprint density at radius 1 is 0.962 bits per heavy atom. The molecule has 0 saturated carbocycles. The van der Waals surface area contributed by atoms with Crippen molar-refractivity contribution in [1.82, 2.24) is 4.98 Å². The maximum Gasteiger partial charge on any atom is 0.129 e. The zero-order chi connectivity index (χ0) is 17.8. The second kappa shape index (κ2) is 7.46. The molecule has 0 amide bonds. The van der Waals surface area contributed by atoms with Crippen molar-refractivity contribution in [3.8, 4) is 0 Å². The van der Waals surface area contributed by atoms with Gasteiger partial charge in [-0.25, -0.2) is 4.98 Å². The summed E-state index contributed by atoms with van der Waals surface area (Å²) in [5, 5.41) is 11.4. The molecule has 26 heavy (non-hydrogen) atoms. The fourth-order valence-electron chi connectivity index (χ4n) is 4.10. The predicted molar refractivity (Wildman–Crippen MR) is 107 cm³/mol. The summed E-state index contributed by atoms with van der Waals surface area (Å²) in [7, 11) is 0. The van der Waals surface area contributed by atoms with E-state index in [1.165, 1.54) is 10.9 Å². The largest absolute Gasteiger partial charge is 0.396 e. The number of para-hydroxylation sites is 1. The van der Waals surface area contributed by atoms with Crippen LogP contribution in [0.4, 0.5) is 5.82 Å². The van der Waals surface area contributed by atoms with Crippen molar-refractivity contribution in [1.29, 1.82) is 0 Å². The van der Waals surface area contributed by atoms with E-state index >= 15 is 0 Å². The molecule has 2 heterocycles. The number of fused-ring (bicyclic) bond motifs is 1. The van der Waals surface area contributed by atoms with E-state index in [9.17, 15) is 5.11 Å². The van der Waals surface area contributed by atoms with Gasteiger partial charge in [-0.05, 0) is 49.4 Å². The quantitative estimate of drug-likeness (QED) is 0.742. The van der Waals surface area contributed by atoms with Gasteiger partial charge in [0.05, 0.1) is 12.1 Å². The molecule has 2 aromatic carbocycles. The zero-order valence-electron chi connectivity index (χ0n) is 15.1. The highest BCUT2D eigenvalue weighted by molar-refractivity contribution is 5.80. The summed E-state index contributed by atoms with van der Waals surface area (Å²) in [5.74, 6) is 1.03. The Hall–Kier alpha value is -2.39. The molecule has 1 aromatic heterocycles. The van der Waals surface area contributed by atoms with Gasteiger partial charge in [0, 0.05) is 23.9 Å². The van der Waals surface area contributed by atoms with Crippen LogP contribution in [0.2, 0.25) is 0 Å². The molecule has 1 fully saturated rings.